The zero-order chi connectivity index (χ0) is 12.4. The largest absolute Gasteiger partial charge is 0.444 e. The standard InChI is InChI=1S/C12H24N2O2.ClH/c1-11(2,3)16-10(15)14-9-6-7-13-8-12(9,4)5;/h9,13H,6-8H2,1-5H3,(H,14,15);1H. The van der Waals surface area contributed by atoms with E-state index in [9.17, 15) is 4.79 Å². The van der Waals surface area contributed by atoms with Crippen molar-refractivity contribution in [3.63, 3.8) is 0 Å². The van der Waals surface area contributed by atoms with Crippen molar-refractivity contribution in [3.8, 4) is 0 Å². The van der Waals surface area contributed by atoms with Gasteiger partial charge in [0.05, 0.1) is 0 Å². The maximum Gasteiger partial charge on any atom is 0.407 e. The van der Waals surface area contributed by atoms with Gasteiger partial charge in [-0.05, 0) is 39.2 Å². The molecule has 0 radical (unpaired) electrons. The number of hydrogen-bond acceptors (Lipinski definition) is 3. The molecular formula is C12H25ClN2O2. The Kier molecular flexibility index (Phi) is 5.75. The van der Waals surface area contributed by atoms with Gasteiger partial charge in [-0.1, -0.05) is 13.8 Å². The summed E-state index contributed by atoms with van der Waals surface area (Å²) in [5, 5.41) is 6.30. The van der Waals surface area contributed by atoms with Gasteiger partial charge in [-0.2, -0.15) is 0 Å². The lowest BCUT2D eigenvalue weighted by molar-refractivity contribution is 0.0434. The summed E-state index contributed by atoms with van der Waals surface area (Å²) in [4.78, 5) is 11.7. The Hall–Kier alpha value is -0.480. The molecule has 0 aromatic heterocycles. The summed E-state index contributed by atoms with van der Waals surface area (Å²) in [5.41, 5.74) is -0.351. The van der Waals surface area contributed by atoms with Crippen LogP contribution in [0.2, 0.25) is 0 Å². The molecule has 1 rings (SSSR count). The first-order chi connectivity index (χ1) is 7.21. The molecule has 0 aromatic carbocycles. The van der Waals surface area contributed by atoms with Gasteiger partial charge in [-0.3, -0.25) is 0 Å². The van der Waals surface area contributed by atoms with Gasteiger partial charge in [0, 0.05) is 12.6 Å². The number of carbonyl (C=O) groups is 1. The van der Waals surface area contributed by atoms with Crippen LogP contribution < -0.4 is 10.6 Å². The number of ether oxygens (including phenoxy) is 1. The van der Waals surface area contributed by atoms with E-state index >= 15 is 0 Å². The van der Waals surface area contributed by atoms with Crippen LogP contribution in [-0.4, -0.2) is 30.8 Å². The van der Waals surface area contributed by atoms with Crippen LogP contribution in [0.15, 0.2) is 0 Å². The second kappa shape index (κ2) is 5.91. The number of halogens is 1. The first-order valence-electron chi connectivity index (χ1n) is 5.91. The van der Waals surface area contributed by atoms with Crippen LogP contribution in [0.3, 0.4) is 0 Å². The normalized spacial score (nSPS) is 23.5. The maximum absolute atomic E-state index is 11.7. The minimum atomic E-state index is -0.429. The van der Waals surface area contributed by atoms with E-state index in [0.717, 1.165) is 19.5 Å². The van der Waals surface area contributed by atoms with Crippen molar-refractivity contribution in [3.05, 3.63) is 0 Å². The zero-order valence-electron chi connectivity index (χ0n) is 11.4. The van der Waals surface area contributed by atoms with Gasteiger partial charge in [-0.25, -0.2) is 4.79 Å². The average Bonchev–Trinajstić information content (AvgIpc) is 2.05. The Labute approximate surface area is 110 Å². The maximum atomic E-state index is 11.7. The number of rotatable bonds is 1. The predicted molar refractivity (Wildman–Crippen MR) is 71.7 cm³/mol. The summed E-state index contributed by atoms with van der Waals surface area (Å²) in [6.07, 6.45) is 0.638. The molecular weight excluding hydrogens is 240 g/mol. The van der Waals surface area contributed by atoms with Gasteiger partial charge in [0.15, 0.2) is 0 Å². The monoisotopic (exact) mass is 264 g/mol. The lowest BCUT2D eigenvalue weighted by Gasteiger charge is -2.39. The van der Waals surface area contributed by atoms with E-state index in [-0.39, 0.29) is 30.0 Å². The number of hydrogen-bond donors (Lipinski definition) is 2. The third-order valence-electron chi connectivity index (χ3n) is 2.82. The molecule has 0 aliphatic carbocycles. The number of amides is 1. The van der Waals surface area contributed by atoms with Crippen LogP contribution in [0.1, 0.15) is 41.0 Å². The van der Waals surface area contributed by atoms with Crippen LogP contribution in [0.4, 0.5) is 4.79 Å². The Balaban J connectivity index is 0.00000256. The summed E-state index contributed by atoms with van der Waals surface area (Å²) in [5.74, 6) is 0. The fraction of sp³-hybridized carbons (Fsp3) is 0.917. The molecule has 4 nitrogen and oxygen atoms in total. The Morgan fingerprint density at radius 2 is 2.00 bits per heavy atom. The first kappa shape index (κ1) is 16.5. The van der Waals surface area contributed by atoms with Crippen molar-refractivity contribution in [1.82, 2.24) is 10.6 Å². The highest BCUT2D eigenvalue weighted by Crippen LogP contribution is 2.25. The van der Waals surface area contributed by atoms with Crippen molar-refractivity contribution in [2.45, 2.75) is 52.7 Å². The molecule has 2 N–H and O–H groups in total. The molecule has 1 atom stereocenters. The van der Waals surface area contributed by atoms with Gasteiger partial charge in [0.2, 0.25) is 0 Å². The van der Waals surface area contributed by atoms with Crippen LogP contribution >= 0.6 is 12.4 Å². The quantitative estimate of drug-likeness (QED) is 0.764. The molecule has 0 aromatic rings. The highest BCUT2D eigenvalue weighted by atomic mass is 35.5. The molecule has 1 amide bonds. The highest BCUT2D eigenvalue weighted by molar-refractivity contribution is 5.85. The van der Waals surface area contributed by atoms with E-state index in [2.05, 4.69) is 24.5 Å². The lowest BCUT2D eigenvalue weighted by atomic mass is 9.80. The van der Waals surface area contributed by atoms with E-state index in [1.165, 1.54) is 0 Å². The van der Waals surface area contributed by atoms with Crippen molar-refractivity contribution in [2.75, 3.05) is 13.1 Å². The summed E-state index contributed by atoms with van der Waals surface area (Å²) < 4.78 is 5.26. The third-order valence-corrected chi connectivity index (χ3v) is 2.82. The first-order valence-corrected chi connectivity index (χ1v) is 5.91. The molecule has 0 spiro atoms. The van der Waals surface area contributed by atoms with Gasteiger partial charge >= 0.3 is 6.09 Å². The van der Waals surface area contributed by atoms with Gasteiger partial charge in [-0.15, -0.1) is 12.4 Å². The minimum absolute atomic E-state index is 0. The van der Waals surface area contributed by atoms with Crippen LogP contribution in [-0.2, 0) is 4.74 Å². The Morgan fingerprint density at radius 1 is 1.41 bits per heavy atom. The van der Waals surface area contributed by atoms with Crippen LogP contribution in [0.5, 0.6) is 0 Å². The van der Waals surface area contributed by atoms with E-state index < -0.39 is 5.60 Å². The number of piperidine rings is 1. The molecule has 5 heteroatoms. The number of nitrogens with one attached hydrogen (secondary N) is 2. The Bertz CT molecular complexity index is 262. The fourth-order valence-corrected chi connectivity index (χ4v) is 1.89. The van der Waals surface area contributed by atoms with Crippen molar-refractivity contribution < 1.29 is 9.53 Å². The molecule has 0 bridgehead atoms. The molecule has 1 saturated heterocycles. The van der Waals surface area contributed by atoms with Gasteiger partial charge in [0.25, 0.3) is 0 Å². The van der Waals surface area contributed by atoms with E-state index in [1.807, 2.05) is 20.8 Å². The predicted octanol–water partition coefficient (Wildman–Crippen LogP) is 2.32. The van der Waals surface area contributed by atoms with E-state index in [1.54, 1.807) is 0 Å². The summed E-state index contributed by atoms with van der Waals surface area (Å²) in [6.45, 7) is 11.8. The molecule has 1 fully saturated rings. The molecule has 0 saturated carbocycles. The highest BCUT2D eigenvalue weighted by Gasteiger charge is 2.34. The topological polar surface area (TPSA) is 50.4 Å². The fourth-order valence-electron chi connectivity index (χ4n) is 1.89. The van der Waals surface area contributed by atoms with E-state index in [4.69, 9.17) is 4.74 Å². The SMILES string of the molecule is CC(C)(C)OC(=O)NC1CCNCC1(C)C.Cl. The number of alkyl carbamates (subject to hydrolysis) is 1. The molecule has 1 aliphatic rings. The van der Waals surface area contributed by atoms with Crippen molar-refractivity contribution in [2.24, 2.45) is 5.41 Å². The zero-order valence-corrected chi connectivity index (χ0v) is 12.2. The van der Waals surface area contributed by atoms with Crippen molar-refractivity contribution >= 4 is 18.5 Å². The molecule has 102 valence electrons. The number of carbonyl (C=O) groups excluding carboxylic acids is 1. The third kappa shape index (κ3) is 5.59. The smallest absolute Gasteiger partial charge is 0.407 e. The average molecular weight is 265 g/mol. The lowest BCUT2D eigenvalue weighted by Crippen LogP contribution is -2.55. The van der Waals surface area contributed by atoms with Crippen LogP contribution in [0.25, 0.3) is 0 Å². The molecule has 17 heavy (non-hydrogen) atoms. The van der Waals surface area contributed by atoms with Gasteiger partial charge < -0.3 is 15.4 Å². The second-order valence-corrected chi connectivity index (χ2v) is 6.15. The summed E-state index contributed by atoms with van der Waals surface area (Å²) in [6, 6.07) is 0.184. The van der Waals surface area contributed by atoms with Crippen LogP contribution in [0, 0.1) is 5.41 Å². The molecule has 1 aliphatic heterocycles. The molecule has 1 heterocycles. The van der Waals surface area contributed by atoms with Gasteiger partial charge in [0.1, 0.15) is 5.60 Å². The van der Waals surface area contributed by atoms with E-state index in [0.29, 0.717) is 0 Å². The Morgan fingerprint density at radius 3 is 2.47 bits per heavy atom. The minimum Gasteiger partial charge on any atom is -0.444 e. The summed E-state index contributed by atoms with van der Waals surface area (Å²) in [7, 11) is 0. The second-order valence-electron chi connectivity index (χ2n) is 6.15. The van der Waals surface area contributed by atoms with Crippen molar-refractivity contribution in [1.29, 1.82) is 0 Å². The summed E-state index contributed by atoms with van der Waals surface area (Å²) >= 11 is 0. The molecule has 1 unspecified atom stereocenters.